The first-order valence-electron chi connectivity index (χ1n) is 4.10. The standard InChI is InChI=1S/C9H6BrIN2O2/c10-4-1-5-7(3-14)12-13-9(15)8(5)6(11)2-4/h1-2,14H,3H2,(H,13,15). The van der Waals surface area contributed by atoms with Gasteiger partial charge in [-0.2, -0.15) is 5.10 Å². The van der Waals surface area contributed by atoms with Crippen LogP contribution in [0, 0.1) is 3.57 Å². The summed E-state index contributed by atoms with van der Waals surface area (Å²) in [6.45, 7) is -0.195. The highest BCUT2D eigenvalue weighted by Gasteiger charge is 2.09. The van der Waals surface area contributed by atoms with E-state index in [9.17, 15) is 4.79 Å². The van der Waals surface area contributed by atoms with Gasteiger partial charge in [-0.1, -0.05) is 15.9 Å². The molecular formula is C9H6BrIN2O2. The molecule has 0 unspecified atom stereocenters. The summed E-state index contributed by atoms with van der Waals surface area (Å²) < 4.78 is 1.69. The molecule has 0 aliphatic heterocycles. The van der Waals surface area contributed by atoms with E-state index in [1.807, 2.05) is 6.07 Å². The van der Waals surface area contributed by atoms with Crippen LogP contribution in [0.25, 0.3) is 10.8 Å². The number of aliphatic hydroxyl groups is 1. The van der Waals surface area contributed by atoms with Gasteiger partial charge >= 0.3 is 0 Å². The predicted octanol–water partition coefficient (Wildman–Crippen LogP) is 1.78. The third kappa shape index (κ3) is 1.93. The smallest absolute Gasteiger partial charge is 0.273 e. The highest BCUT2D eigenvalue weighted by molar-refractivity contribution is 14.1. The Morgan fingerprint density at radius 2 is 2.27 bits per heavy atom. The summed E-state index contributed by atoms with van der Waals surface area (Å²) in [6, 6.07) is 3.63. The maximum absolute atomic E-state index is 11.6. The lowest BCUT2D eigenvalue weighted by Crippen LogP contribution is -2.12. The third-order valence-electron chi connectivity index (χ3n) is 2.04. The van der Waals surface area contributed by atoms with Crippen molar-refractivity contribution in [1.82, 2.24) is 10.2 Å². The lowest BCUT2D eigenvalue weighted by molar-refractivity contribution is 0.277. The molecule has 1 aromatic heterocycles. The van der Waals surface area contributed by atoms with Crippen molar-refractivity contribution in [2.75, 3.05) is 0 Å². The Labute approximate surface area is 107 Å². The lowest BCUT2D eigenvalue weighted by atomic mass is 10.1. The number of nitrogens with one attached hydrogen (secondary N) is 1. The molecule has 0 saturated carbocycles. The Kier molecular flexibility index (Phi) is 3.08. The van der Waals surface area contributed by atoms with Crippen molar-refractivity contribution in [1.29, 1.82) is 0 Å². The molecule has 15 heavy (non-hydrogen) atoms. The first-order valence-corrected chi connectivity index (χ1v) is 5.98. The number of nitrogens with zero attached hydrogens (tertiary/aromatic N) is 1. The fraction of sp³-hybridized carbons (Fsp3) is 0.111. The van der Waals surface area contributed by atoms with Crippen LogP contribution >= 0.6 is 38.5 Å². The summed E-state index contributed by atoms with van der Waals surface area (Å²) in [5.41, 5.74) is 0.239. The molecule has 0 fully saturated rings. The average molecular weight is 381 g/mol. The molecular weight excluding hydrogens is 375 g/mol. The van der Waals surface area contributed by atoms with Gasteiger partial charge in [0.25, 0.3) is 5.56 Å². The van der Waals surface area contributed by atoms with E-state index in [-0.39, 0.29) is 12.2 Å². The molecule has 78 valence electrons. The topological polar surface area (TPSA) is 66.0 Å². The molecule has 0 aliphatic carbocycles. The van der Waals surface area contributed by atoms with E-state index in [4.69, 9.17) is 5.11 Å². The normalized spacial score (nSPS) is 10.9. The van der Waals surface area contributed by atoms with Gasteiger partial charge in [-0.25, -0.2) is 5.10 Å². The molecule has 2 rings (SSSR count). The molecule has 1 heterocycles. The molecule has 2 N–H and O–H groups in total. The first-order chi connectivity index (χ1) is 7.13. The molecule has 0 saturated heterocycles. The SMILES string of the molecule is O=c1[nH]nc(CO)c2cc(Br)cc(I)c12. The minimum Gasteiger partial charge on any atom is -0.390 e. The van der Waals surface area contributed by atoms with E-state index >= 15 is 0 Å². The molecule has 0 aliphatic rings. The van der Waals surface area contributed by atoms with Crippen LogP contribution in [0.15, 0.2) is 21.4 Å². The van der Waals surface area contributed by atoms with Crippen LogP contribution in [0.4, 0.5) is 0 Å². The monoisotopic (exact) mass is 380 g/mol. The molecule has 1 aromatic carbocycles. The van der Waals surface area contributed by atoms with Crippen molar-refractivity contribution in [2.24, 2.45) is 0 Å². The number of benzene rings is 1. The minimum absolute atomic E-state index is 0.195. The van der Waals surface area contributed by atoms with Gasteiger partial charge in [0, 0.05) is 13.4 Å². The fourth-order valence-corrected chi connectivity index (χ4v) is 3.14. The molecule has 6 heteroatoms. The second-order valence-electron chi connectivity index (χ2n) is 2.97. The molecule has 2 aromatic rings. The lowest BCUT2D eigenvalue weighted by Gasteiger charge is -2.04. The van der Waals surface area contributed by atoms with Crippen molar-refractivity contribution < 1.29 is 5.11 Å². The second kappa shape index (κ2) is 4.18. The van der Waals surface area contributed by atoms with Crippen molar-refractivity contribution in [3.8, 4) is 0 Å². The number of hydrogen-bond donors (Lipinski definition) is 2. The largest absolute Gasteiger partial charge is 0.390 e. The number of hydrogen-bond acceptors (Lipinski definition) is 3. The Morgan fingerprint density at radius 3 is 2.93 bits per heavy atom. The van der Waals surface area contributed by atoms with Gasteiger partial charge in [0.15, 0.2) is 0 Å². The van der Waals surface area contributed by atoms with Crippen molar-refractivity contribution in [2.45, 2.75) is 6.61 Å². The number of fused-ring (bicyclic) bond motifs is 1. The summed E-state index contributed by atoms with van der Waals surface area (Å²) in [5, 5.41) is 16.5. The quantitative estimate of drug-likeness (QED) is 0.741. The summed E-state index contributed by atoms with van der Waals surface area (Å²) in [5.74, 6) is 0. The van der Waals surface area contributed by atoms with Crippen LogP contribution in [-0.2, 0) is 6.61 Å². The highest BCUT2D eigenvalue weighted by Crippen LogP contribution is 2.24. The van der Waals surface area contributed by atoms with E-state index in [0.717, 1.165) is 8.04 Å². The Morgan fingerprint density at radius 1 is 1.53 bits per heavy atom. The second-order valence-corrected chi connectivity index (χ2v) is 5.05. The van der Waals surface area contributed by atoms with Crippen LogP contribution < -0.4 is 5.56 Å². The molecule has 0 amide bonds. The number of rotatable bonds is 1. The minimum atomic E-state index is -0.237. The Bertz CT molecular complexity index is 582. The third-order valence-corrected chi connectivity index (χ3v) is 3.34. The Hall–Kier alpha value is -0.470. The average Bonchev–Trinajstić information content (AvgIpc) is 2.17. The van der Waals surface area contributed by atoms with Crippen LogP contribution in [0.1, 0.15) is 5.69 Å². The highest BCUT2D eigenvalue weighted by atomic mass is 127. The summed E-state index contributed by atoms with van der Waals surface area (Å²) in [6.07, 6.45) is 0. The molecule has 0 atom stereocenters. The van der Waals surface area contributed by atoms with Gasteiger partial charge in [-0.05, 0) is 34.7 Å². The van der Waals surface area contributed by atoms with Crippen LogP contribution in [0.3, 0.4) is 0 Å². The Balaban J connectivity index is 3.00. The van der Waals surface area contributed by atoms with Crippen molar-refractivity contribution in [3.05, 3.63) is 36.2 Å². The van der Waals surface area contributed by atoms with Gasteiger partial charge in [-0.3, -0.25) is 4.79 Å². The summed E-state index contributed by atoms with van der Waals surface area (Å²) in [7, 11) is 0. The van der Waals surface area contributed by atoms with Crippen LogP contribution in [0.2, 0.25) is 0 Å². The summed E-state index contributed by atoms with van der Waals surface area (Å²) in [4.78, 5) is 11.6. The molecule has 4 nitrogen and oxygen atoms in total. The first kappa shape index (κ1) is 11.0. The van der Waals surface area contributed by atoms with Crippen molar-refractivity contribution in [3.63, 3.8) is 0 Å². The number of halogens is 2. The van der Waals surface area contributed by atoms with Gasteiger partial charge in [-0.15, -0.1) is 0 Å². The number of aliphatic hydroxyl groups excluding tert-OH is 1. The fourth-order valence-electron chi connectivity index (χ4n) is 1.39. The van der Waals surface area contributed by atoms with Gasteiger partial charge < -0.3 is 5.11 Å². The zero-order valence-corrected chi connectivity index (χ0v) is 11.2. The number of aromatic amines is 1. The number of aromatic nitrogens is 2. The van der Waals surface area contributed by atoms with E-state index in [1.165, 1.54) is 0 Å². The molecule has 0 spiro atoms. The van der Waals surface area contributed by atoms with E-state index < -0.39 is 0 Å². The van der Waals surface area contributed by atoms with E-state index in [2.05, 4.69) is 48.7 Å². The number of H-pyrrole nitrogens is 1. The zero-order chi connectivity index (χ0) is 11.0. The zero-order valence-electron chi connectivity index (χ0n) is 7.42. The molecule has 0 bridgehead atoms. The van der Waals surface area contributed by atoms with Gasteiger partial charge in [0.2, 0.25) is 0 Å². The van der Waals surface area contributed by atoms with Crippen LogP contribution in [-0.4, -0.2) is 15.3 Å². The van der Waals surface area contributed by atoms with Gasteiger partial charge in [0.1, 0.15) is 0 Å². The van der Waals surface area contributed by atoms with Crippen molar-refractivity contribution >= 4 is 49.3 Å². The van der Waals surface area contributed by atoms with Crippen LogP contribution in [0.5, 0.6) is 0 Å². The predicted molar refractivity (Wildman–Crippen MR) is 68.7 cm³/mol. The maximum atomic E-state index is 11.6. The van der Waals surface area contributed by atoms with Gasteiger partial charge in [0.05, 0.1) is 17.7 Å². The van der Waals surface area contributed by atoms with E-state index in [0.29, 0.717) is 16.5 Å². The maximum Gasteiger partial charge on any atom is 0.273 e. The summed E-state index contributed by atoms with van der Waals surface area (Å²) >= 11 is 5.43. The van der Waals surface area contributed by atoms with E-state index in [1.54, 1.807) is 6.07 Å². The molecule has 0 radical (unpaired) electrons.